The molecule has 0 aromatic carbocycles. The van der Waals surface area contributed by atoms with E-state index in [1.807, 2.05) is 26.8 Å². The van der Waals surface area contributed by atoms with E-state index in [2.05, 4.69) is 16.7 Å². The summed E-state index contributed by atoms with van der Waals surface area (Å²) in [6.07, 6.45) is 3.69. The van der Waals surface area contributed by atoms with E-state index in [-0.39, 0.29) is 0 Å². The van der Waals surface area contributed by atoms with Gasteiger partial charge in [-0.2, -0.15) is 5.10 Å². The van der Waals surface area contributed by atoms with Crippen molar-refractivity contribution in [3.8, 4) is 0 Å². The Morgan fingerprint density at radius 3 is 2.75 bits per heavy atom. The Balaban J connectivity index is 2.94. The molecule has 0 aromatic rings. The van der Waals surface area contributed by atoms with Gasteiger partial charge in [0.05, 0.1) is 0 Å². The molecular weight excluding hydrogens is 150 g/mol. The van der Waals surface area contributed by atoms with Gasteiger partial charge in [-0.3, -0.25) is 0 Å². The van der Waals surface area contributed by atoms with Gasteiger partial charge in [0.25, 0.3) is 0 Å². The Kier molecular flexibility index (Phi) is 2.43. The third-order valence-corrected chi connectivity index (χ3v) is 1.53. The van der Waals surface area contributed by atoms with Gasteiger partial charge in [0.1, 0.15) is 5.82 Å². The van der Waals surface area contributed by atoms with Gasteiger partial charge >= 0.3 is 0 Å². The molecule has 0 amide bonds. The first-order valence-electron chi connectivity index (χ1n) is 3.86. The van der Waals surface area contributed by atoms with Crippen LogP contribution >= 0.6 is 0 Å². The fourth-order valence-corrected chi connectivity index (χ4v) is 1.12. The fourth-order valence-electron chi connectivity index (χ4n) is 1.12. The number of hydrogen-bond acceptors (Lipinski definition) is 3. The number of nitrogens with zero attached hydrogens (tertiary/aromatic N) is 3. The van der Waals surface area contributed by atoms with Crippen molar-refractivity contribution in [1.82, 2.24) is 5.01 Å². The molecule has 0 unspecified atom stereocenters. The molecule has 0 atom stereocenters. The van der Waals surface area contributed by atoms with Crippen LogP contribution in [0.25, 0.3) is 0 Å². The summed E-state index contributed by atoms with van der Waals surface area (Å²) in [6.45, 7) is 9.59. The molecule has 0 N–H and O–H groups in total. The van der Waals surface area contributed by atoms with Crippen LogP contribution in [0.4, 0.5) is 0 Å². The molecule has 1 heterocycles. The van der Waals surface area contributed by atoms with Crippen LogP contribution in [-0.4, -0.2) is 16.9 Å². The molecule has 3 heteroatoms. The molecule has 1 rings (SSSR count). The quantitative estimate of drug-likeness (QED) is 0.544. The van der Waals surface area contributed by atoms with Crippen LogP contribution in [0.5, 0.6) is 0 Å². The Morgan fingerprint density at radius 1 is 1.58 bits per heavy atom. The number of allylic oxidation sites excluding steroid dienone is 2. The lowest BCUT2D eigenvalue weighted by Gasteiger charge is -2.22. The largest absolute Gasteiger partial charge is 0.235 e. The van der Waals surface area contributed by atoms with Gasteiger partial charge in [0.2, 0.25) is 0 Å². The Bertz CT molecular complexity index is 284. The zero-order chi connectivity index (χ0) is 9.14. The summed E-state index contributed by atoms with van der Waals surface area (Å²) >= 11 is 0. The molecule has 0 aromatic heterocycles. The zero-order valence-electron chi connectivity index (χ0n) is 7.70. The third kappa shape index (κ3) is 1.61. The monoisotopic (exact) mass is 163 g/mol. The number of hydrogen-bond donors (Lipinski definition) is 0. The van der Waals surface area contributed by atoms with E-state index in [4.69, 9.17) is 0 Å². The van der Waals surface area contributed by atoms with Gasteiger partial charge < -0.3 is 0 Å². The van der Waals surface area contributed by atoms with Crippen LogP contribution in [0.15, 0.2) is 34.3 Å². The van der Waals surface area contributed by atoms with E-state index in [9.17, 15) is 0 Å². The van der Waals surface area contributed by atoms with Crippen LogP contribution in [0.3, 0.4) is 0 Å². The fraction of sp³-hybridized carbons (Fsp3) is 0.333. The van der Waals surface area contributed by atoms with Crippen molar-refractivity contribution in [2.75, 3.05) is 0 Å². The predicted octanol–water partition coefficient (Wildman–Crippen LogP) is 2.14. The molecule has 3 nitrogen and oxygen atoms in total. The first kappa shape index (κ1) is 8.71. The van der Waals surface area contributed by atoms with Crippen molar-refractivity contribution in [2.45, 2.75) is 20.8 Å². The van der Waals surface area contributed by atoms with Gasteiger partial charge in [-0.25, -0.2) is 10.0 Å². The lowest BCUT2D eigenvalue weighted by Crippen LogP contribution is -2.17. The SMILES string of the molecule is C=C1N=C(C)C=C(C)N1N=CC. The summed E-state index contributed by atoms with van der Waals surface area (Å²) in [5.74, 6) is 0.672. The minimum Gasteiger partial charge on any atom is -0.235 e. The standard InChI is InChI=1S/C9H13N3/c1-5-10-12-8(3)6-7(2)11-9(12)4/h5-6H,4H2,1-3H3. The molecule has 0 spiro atoms. The van der Waals surface area contributed by atoms with Gasteiger partial charge in [-0.15, -0.1) is 0 Å². The minimum atomic E-state index is 0.672. The van der Waals surface area contributed by atoms with Gasteiger partial charge in [0, 0.05) is 17.6 Å². The lowest BCUT2D eigenvalue weighted by atomic mass is 10.3. The maximum absolute atomic E-state index is 4.19. The van der Waals surface area contributed by atoms with E-state index in [0.29, 0.717) is 5.82 Å². The summed E-state index contributed by atoms with van der Waals surface area (Å²) in [6, 6.07) is 0. The predicted molar refractivity (Wildman–Crippen MR) is 52.0 cm³/mol. The normalized spacial score (nSPS) is 18.2. The van der Waals surface area contributed by atoms with E-state index < -0.39 is 0 Å². The molecule has 0 fully saturated rings. The molecule has 0 radical (unpaired) electrons. The highest BCUT2D eigenvalue weighted by Gasteiger charge is 2.11. The number of rotatable bonds is 1. The van der Waals surface area contributed by atoms with Gasteiger partial charge in [0.15, 0.2) is 0 Å². The van der Waals surface area contributed by atoms with Crippen molar-refractivity contribution in [3.63, 3.8) is 0 Å². The van der Waals surface area contributed by atoms with E-state index in [1.165, 1.54) is 0 Å². The van der Waals surface area contributed by atoms with Crippen LogP contribution in [0, 0.1) is 0 Å². The van der Waals surface area contributed by atoms with Crippen LogP contribution in [-0.2, 0) is 0 Å². The summed E-state index contributed by atoms with van der Waals surface area (Å²) in [5.41, 5.74) is 2.02. The molecule has 0 bridgehead atoms. The average Bonchev–Trinajstić information content (AvgIpc) is 1.96. The molecule has 0 saturated carbocycles. The Labute approximate surface area is 72.8 Å². The average molecular weight is 163 g/mol. The van der Waals surface area contributed by atoms with Crippen molar-refractivity contribution in [2.24, 2.45) is 10.1 Å². The van der Waals surface area contributed by atoms with E-state index in [0.717, 1.165) is 11.4 Å². The van der Waals surface area contributed by atoms with Gasteiger partial charge in [-0.05, 0) is 26.8 Å². The van der Waals surface area contributed by atoms with Crippen LogP contribution in [0.2, 0.25) is 0 Å². The molecule has 0 saturated heterocycles. The highest BCUT2D eigenvalue weighted by molar-refractivity contribution is 5.94. The highest BCUT2D eigenvalue weighted by atomic mass is 15.5. The van der Waals surface area contributed by atoms with Crippen molar-refractivity contribution >= 4 is 11.9 Å². The maximum Gasteiger partial charge on any atom is 0.146 e. The summed E-state index contributed by atoms with van der Waals surface area (Å²) in [5, 5.41) is 5.83. The second-order valence-corrected chi connectivity index (χ2v) is 2.64. The van der Waals surface area contributed by atoms with Crippen molar-refractivity contribution < 1.29 is 0 Å². The second kappa shape index (κ2) is 3.34. The lowest BCUT2D eigenvalue weighted by molar-refractivity contribution is 0.451. The summed E-state index contributed by atoms with van der Waals surface area (Å²) in [7, 11) is 0. The second-order valence-electron chi connectivity index (χ2n) is 2.64. The molecule has 1 aliphatic rings. The molecule has 12 heavy (non-hydrogen) atoms. The molecule has 0 aliphatic carbocycles. The highest BCUT2D eigenvalue weighted by Crippen LogP contribution is 2.17. The first-order chi connectivity index (χ1) is 5.65. The van der Waals surface area contributed by atoms with E-state index in [1.54, 1.807) is 11.2 Å². The Morgan fingerprint density at radius 2 is 2.25 bits per heavy atom. The summed E-state index contributed by atoms with van der Waals surface area (Å²) in [4.78, 5) is 4.19. The molecular formula is C9H13N3. The van der Waals surface area contributed by atoms with Gasteiger partial charge in [-0.1, -0.05) is 6.58 Å². The van der Waals surface area contributed by atoms with Crippen molar-refractivity contribution in [3.05, 3.63) is 24.2 Å². The topological polar surface area (TPSA) is 28.0 Å². The minimum absolute atomic E-state index is 0.672. The van der Waals surface area contributed by atoms with Crippen molar-refractivity contribution in [1.29, 1.82) is 0 Å². The van der Waals surface area contributed by atoms with Crippen LogP contribution in [0.1, 0.15) is 20.8 Å². The van der Waals surface area contributed by atoms with E-state index >= 15 is 0 Å². The first-order valence-corrected chi connectivity index (χ1v) is 3.86. The zero-order valence-corrected chi connectivity index (χ0v) is 7.70. The smallest absolute Gasteiger partial charge is 0.146 e. The molecule has 64 valence electrons. The number of aliphatic imine (C=N–C) groups is 1. The Hall–Kier alpha value is -1.38. The van der Waals surface area contributed by atoms with Crippen LogP contribution < -0.4 is 0 Å². The number of hydrazone groups is 1. The maximum atomic E-state index is 4.19. The molecule has 1 aliphatic heterocycles. The summed E-state index contributed by atoms with van der Waals surface area (Å²) < 4.78 is 0. The third-order valence-electron chi connectivity index (χ3n) is 1.53.